The van der Waals surface area contributed by atoms with Crippen molar-refractivity contribution in [3.8, 4) is 0 Å². The van der Waals surface area contributed by atoms with Gasteiger partial charge in [0, 0.05) is 12.6 Å². The highest BCUT2D eigenvalue weighted by Gasteiger charge is 2.22. The van der Waals surface area contributed by atoms with E-state index in [4.69, 9.17) is 5.11 Å². The summed E-state index contributed by atoms with van der Waals surface area (Å²) in [4.78, 5) is 12.6. The fourth-order valence-electron chi connectivity index (χ4n) is 2.26. The first-order valence-electron chi connectivity index (χ1n) is 5.51. The highest BCUT2D eigenvalue weighted by Crippen LogP contribution is 2.26. The number of hydrogen-bond acceptors (Lipinski definition) is 2. The van der Waals surface area contributed by atoms with E-state index in [9.17, 15) is 4.79 Å². The van der Waals surface area contributed by atoms with Crippen molar-refractivity contribution < 1.29 is 9.90 Å². The standard InChI is InChI=1S/C11H21NO2/c1-9-4-3-5-10(8-9)12(2)7-6-11(13)14/h9-10H,3-8H2,1-2H3,(H,13,14). The molecule has 1 aliphatic rings. The zero-order valence-electron chi connectivity index (χ0n) is 9.20. The lowest BCUT2D eigenvalue weighted by Gasteiger charge is -2.33. The maximum Gasteiger partial charge on any atom is 0.304 e. The molecule has 0 aliphatic heterocycles. The molecule has 0 saturated heterocycles. The third-order valence-corrected chi connectivity index (χ3v) is 3.21. The number of carboxylic acids is 1. The van der Waals surface area contributed by atoms with Gasteiger partial charge in [0.1, 0.15) is 0 Å². The number of carbonyl (C=O) groups is 1. The van der Waals surface area contributed by atoms with Crippen molar-refractivity contribution in [2.75, 3.05) is 13.6 Å². The molecule has 0 aromatic carbocycles. The molecule has 1 aliphatic carbocycles. The number of rotatable bonds is 4. The van der Waals surface area contributed by atoms with E-state index in [0.29, 0.717) is 12.6 Å². The van der Waals surface area contributed by atoms with E-state index < -0.39 is 5.97 Å². The molecule has 0 spiro atoms. The summed E-state index contributed by atoms with van der Waals surface area (Å²) in [6, 6.07) is 0.609. The van der Waals surface area contributed by atoms with Crippen molar-refractivity contribution in [2.45, 2.75) is 45.1 Å². The Morgan fingerprint density at radius 2 is 2.21 bits per heavy atom. The molecule has 14 heavy (non-hydrogen) atoms. The monoisotopic (exact) mass is 199 g/mol. The van der Waals surface area contributed by atoms with Crippen molar-refractivity contribution >= 4 is 5.97 Å². The second-order valence-electron chi connectivity index (χ2n) is 4.55. The lowest BCUT2D eigenvalue weighted by molar-refractivity contribution is -0.137. The largest absolute Gasteiger partial charge is 0.481 e. The first-order chi connectivity index (χ1) is 6.59. The van der Waals surface area contributed by atoms with Crippen LogP contribution in [0.1, 0.15) is 39.0 Å². The molecule has 2 unspecified atom stereocenters. The summed E-state index contributed by atoms with van der Waals surface area (Å²) in [6.07, 6.45) is 5.37. The molecular weight excluding hydrogens is 178 g/mol. The Bertz CT molecular complexity index is 194. The van der Waals surface area contributed by atoms with E-state index in [1.807, 2.05) is 7.05 Å². The Labute approximate surface area is 86.1 Å². The van der Waals surface area contributed by atoms with Crippen molar-refractivity contribution in [1.82, 2.24) is 4.90 Å². The lowest BCUT2D eigenvalue weighted by Crippen LogP contribution is -2.36. The Kier molecular flexibility index (Phi) is 4.39. The van der Waals surface area contributed by atoms with Gasteiger partial charge in [-0.1, -0.05) is 19.8 Å². The highest BCUT2D eigenvalue weighted by atomic mass is 16.4. The van der Waals surface area contributed by atoms with Crippen LogP contribution in [0, 0.1) is 5.92 Å². The van der Waals surface area contributed by atoms with Crippen LogP contribution in [-0.4, -0.2) is 35.6 Å². The molecule has 3 heteroatoms. The number of carboxylic acid groups (broad SMARTS) is 1. The van der Waals surface area contributed by atoms with Gasteiger partial charge < -0.3 is 10.0 Å². The van der Waals surface area contributed by atoms with Crippen LogP contribution in [0.15, 0.2) is 0 Å². The maximum absolute atomic E-state index is 10.4. The van der Waals surface area contributed by atoms with Gasteiger partial charge in [-0.3, -0.25) is 4.79 Å². The van der Waals surface area contributed by atoms with Crippen LogP contribution in [0.2, 0.25) is 0 Å². The predicted octanol–water partition coefficient (Wildman–Crippen LogP) is 1.97. The fraction of sp³-hybridized carbons (Fsp3) is 0.909. The zero-order valence-corrected chi connectivity index (χ0v) is 9.20. The van der Waals surface area contributed by atoms with E-state index >= 15 is 0 Å². The fourth-order valence-corrected chi connectivity index (χ4v) is 2.26. The van der Waals surface area contributed by atoms with Crippen LogP contribution in [0.5, 0.6) is 0 Å². The van der Waals surface area contributed by atoms with Gasteiger partial charge in [0.25, 0.3) is 0 Å². The summed E-state index contributed by atoms with van der Waals surface area (Å²) in [5.74, 6) is 0.113. The number of nitrogens with zero attached hydrogens (tertiary/aromatic N) is 1. The second-order valence-corrected chi connectivity index (χ2v) is 4.55. The van der Waals surface area contributed by atoms with E-state index in [-0.39, 0.29) is 6.42 Å². The van der Waals surface area contributed by atoms with E-state index in [2.05, 4.69) is 11.8 Å². The molecule has 0 bridgehead atoms. The topological polar surface area (TPSA) is 40.5 Å². The summed E-state index contributed by atoms with van der Waals surface area (Å²) in [5.41, 5.74) is 0. The van der Waals surface area contributed by atoms with Crippen molar-refractivity contribution in [2.24, 2.45) is 5.92 Å². The summed E-state index contributed by atoms with van der Waals surface area (Å²) < 4.78 is 0. The van der Waals surface area contributed by atoms with Gasteiger partial charge in [-0.05, 0) is 25.8 Å². The van der Waals surface area contributed by atoms with Crippen LogP contribution in [0.4, 0.5) is 0 Å². The molecule has 0 heterocycles. The molecule has 3 nitrogen and oxygen atoms in total. The first kappa shape index (κ1) is 11.5. The molecule has 2 atom stereocenters. The average Bonchev–Trinajstić information content (AvgIpc) is 2.14. The quantitative estimate of drug-likeness (QED) is 0.752. The second kappa shape index (κ2) is 5.35. The van der Waals surface area contributed by atoms with Gasteiger partial charge in [0.2, 0.25) is 0 Å². The smallest absolute Gasteiger partial charge is 0.304 e. The molecule has 1 rings (SSSR count). The van der Waals surface area contributed by atoms with E-state index in [0.717, 1.165) is 5.92 Å². The Morgan fingerprint density at radius 3 is 2.79 bits per heavy atom. The third-order valence-electron chi connectivity index (χ3n) is 3.21. The molecule has 1 N–H and O–H groups in total. The maximum atomic E-state index is 10.4. The highest BCUT2D eigenvalue weighted by molar-refractivity contribution is 5.66. The summed E-state index contributed by atoms with van der Waals surface area (Å²) in [7, 11) is 2.05. The van der Waals surface area contributed by atoms with Gasteiger partial charge in [-0.2, -0.15) is 0 Å². The van der Waals surface area contributed by atoms with Gasteiger partial charge in [0.05, 0.1) is 6.42 Å². The zero-order chi connectivity index (χ0) is 10.6. The summed E-state index contributed by atoms with van der Waals surface area (Å²) in [5, 5.41) is 8.59. The summed E-state index contributed by atoms with van der Waals surface area (Å²) in [6.45, 7) is 2.98. The van der Waals surface area contributed by atoms with Crippen LogP contribution >= 0.6 is 0 Å². The Morgan fingerprint density at radius 1 is 1.50 bits per heavy atom. The third kappa shape index (κ3) is 3.66. The van der Waals surface area contributed by atoms with Crippen molar-refractivity contribution in [1.29, 1.82) is 0 Å². The van der Waals surface area contributed by atoms with E-state index in [1.165, 1.54) is 25.7 Å². The Balaban J connectivity index is 2.28. The van der Waals surface area contributed by atoms with Gasteiger partial charge in [-0.25, -0.2) is 0 Å². The molecule has 1 saturated carbocycles. The first-order valence-corrected chi connectivity index (χ1v) is 5.51. The number of hydrogen-bond donors (Lipinski definition) is 1. The van der Waals surface area contributed by atoms with Gasteiger partial charge in [-0.15, -0.1) is 0 Å². The minimum atomic E-state index is -0.694. The summed E-state index contributed by atoms with van der Waals surface area (Å²) >= 11 is 0. The van der Waals surface area contributed by atoms with Crippen LogP contribution < -0.4 is 0 Å². The molecule has 0 aromatic rings. The van der Waals surface area contributed by atoms with Crippen molar-refractivity contribution in [3.63, 3.8) is 0 Å². The minimum absolute atomic E-state index is 0.265. The average molecular weight is 199 g/mol. The van der Waals surface area contributed by atoms with Crippen LogP contribution in [-0.2, 0) is 4.79 Å². The molecule has 82 valence electrons. The Hall–Kier alpha value is -0.570. The normalized spacial score (nSPS) is 27.9. The molecule has 0 amide bonds. The van der Waals surface area contributed by atoms with Crippen molar-refractivity contribution in [3.05, 3.63) is 0 Å². The lowest BCUT2D eigenvalue weighted by atomic mass is 9.86. The predicted molar refractivity (Wildman–Crippen MR) is 56.3 cm³/mol. The molecular formula is C11H21NO2. The minimum Gasteiger partial charge on any atom is -0.481 e. The molecule has 0 radical (unpaired) electrons. The van der Waals surface area contributed by atoms with Gasteiger partial charge >= 0.3 is 5.97 Å². The molecule has 1 fully saturated rings. The van der Waals surface area contributed by atoms with Crippen LogP contribution in [0.25, 0.3) is 0 Å². The van der Waals surface area contributed by atoms with Gasteiger partial charge in [0.15, 0.2) is 0 Å². The molecule has 0 aromatic heterocycles. The van der Waals surface area contributed by atoms with Crippen LogP contribution in [0.3, 0.4) is 0 Å². The van der Waals surface area contributed by atoms with E-state index in [1.54, 1.807) is 0 Å². The SMILES string of the molecule is CC1CCCC(N(C)CCC(=O)O)C1. The number of aliphatic carboxylic acids is 1.